The largest absolute Gasteiger partial charge is 0.360 e. The zero-order chi connectivity index (χ0) is 20.1. The fourth-order valence-electron chi connectivity index (χ4n) is 2.57. The molecule has 142 valence electrons. The van der Waals surface area contributed by atoms with Crippen molar-refractivity contribution < 1.29 is 4.79 Å². The Bertz CT molecular complexity index is 1060. The maximum absolute atomic E-state index is 12.1. The van der Waals surface area contributed by atoms with E-state index in [1.54, 1.807) is 11.3 Å². The van der Waals surface area contributed by atoms with Gasteiger partial charge in [-0.05, 0) is 62.2 Å². The van der Waals surface area contributed by atoms with Gasteiger partial charge in [0.2, 0.25) is 0 Å². The fraction of sp³-hybridized carbons (Fsp3) is 0.227. The number of aromatic nitrogens is 1. The van der Waals surface area contributed by atoms with E-state index in [0.717, 1.165) is 28.2 Å². The van der Waals surface area contributed by atoms with Crippen molar-refractivity contribution in [1.82, 2.24) is 10.3 Å². The monoisotopic (exact) mass is 390 g/mol. The van der Waals surface area contributed by atoms with Crippen molar-refractivity contribution in [3.05, 3.63) is 59.8 Å². The molecule has 3 aromatic rings. The molecular formula is C22H22N4OS. The second kappa shape index (κ2) is 8.68. The lowest BCUT2D eigenvalue weighted by atomic mass is 10.2. The van der Waals surface area contributed by atoms with E-state index in [-0.39, 0.29) is 17.5 Å². The van der Waals surface area contributed by atoms with Crippen molar-refractivity contribution in [2.75, 3.05) is 5.32 Å². The van der Waals surface area contributed by atoms with Crippen LogP contribution < -0.4 is 10.6 Å². The van der Waals surface area contributed by atoms with Gasteiger partial charge in [-0.1, -0.05) is 13.0 Å². The number of carbonyl (C=O) groups is 1. The minimum atomic E-state index is -0.370. The van der Waals surface area contributed by atoms with Crippen LogP contribution in [0.15, 0.2) is 54.2 Å². The van der Waals surface area contributed by atoms with Crippen LogP contribution in [0.25, 0.3) is 20.8 Å². The van der Waals surface area contributed by atoms with Crippen molar-refractivity contribution in [2.45, 2.75) is 33.2 Å². The molecular weight excluding hydrogens is 368 g/mol. The number of aryl methyl sites for hydroxylation is 1. The van der Waals surface area contributed by atoms with Crippen molar-refractivity contribution in [3.8, 4) is 16.6 Å². The summed E-state index contributed by atoms with van der Waals surface area (Å²) in [5, 5.41) is 16.0. The Morgan fingerprint density at radius 1 is 1.29 bits per heavy atom. The average molecular weight is 391 g/mol. The Kier molecular flexibility index (Phi) is 6.07. The molecule has 1 amide bonds. The molecule has 0 radical (unpaired) electrons. The van der Waals surface area contributed by atoms with Gasteiger partial charge in [-0.2, -0.15) is 5.26 Å². The molecule has 1 heterocycles. The minimum Gasteiger partial charge on any atom is -0.360 e. The predicted molar refractivity (Wildman–Crippen MR) is 115 cm³/mol. The molecule has 0 bridgehead atoms. The van der Waals surface area contributed by atoms with Crippen molar-refractivity contribution >= 4 is 33.1 Å². The lowest BCUT2D eigenvalue weighted by Crippen LogP contribution is -2.33. The molecule has 1 aromatic heterocycles. The summed E-state index contributed by atoms with van der Waals surface area (Å²) in [4.78, 5) is 16.8. The summed E-state index contributed by atoms with van der Waals surface area (Å²) in [5.41, 5.74) is 4.10. The first-order valence-corrected chi connectivity index (χ1v) is 9.97. The van der Waals surface area contributed by atoms with Crippen molar-refractivity contribution in [1.29, 1.82) is 5.26 Å². The van der Waals surface area contributed by atoms with Gasteiger partial charge in [0.15, 0.2) is 0 Å². The predicted octanol–water partition coefficient (Wildman–Crippen LogP) is 5.01. The normalized spacial score (nSPS) is 12.4. The van der Waals surface area contributed by atoms with Crippen LogP contribution >= 0.6 is 11.3 Å². The fourth-order valence-corrected chi connectivity index (χ4v) is 3.64. The number of nitrogens with one attached hydrogen (secondary N) is 2. The second-order valence-electron chi connectivity index (χ2n) is 6.66. The van der Waals surface area contributed by atoms with E-state index < -0.39 is 0 Å². The number of hydrogen-bond donors (Lipinski definition) is 2. The molecule has 1 atom stereocenters. The molecule has 2 N–H and O–H groups in total. The third-order valence-corrected chi connectivity index (χ3v) is 5.48. The van der Waals surface area contributed by atoms with Crippen LogP contribution in [-0.4, -0.2) is 16.9 Å². The van der Waals surface area contributed by atoms with Gasteiger partial charge in [-0.15, -0.1) is 11.3 Å². The number of benzene rings is 2. The minimum absolute atomic E-state index is 0.0288. The average Bonchev–Trinajstić information content (AvgIpc) is 3.12. The van der Waals surface area contributed by atoms with Gasteiger partial charge in [0.05, 0.1) is 10.2 Å². The topological polar surface area (TPSA) is 77.8 Å². The molecule has 3 rings (SSSR count). The van der Waals surface area contributed by atoms with Gasteiger partial charge in [0.25, 0.3) is 5.91 Å². The third kappa shape index (κ3) is 4.56. The molecule has 28 heavy (non-hydrogen) atoms. The molecule has 0 aliphatic carbocycles. The highest BCUT2D eigenvalue weighted by atomic mass is 32.1. The number of nitrogens with zero attached hydrogens (tertiary/aromatic N) is 2. The van der Waals surface area contributed by atoms with E-state index in [2.05, 4.69) is 29.7 Å². The van der Waals surface area contributed by atoms with Gasteiger partial charge in [0.1, 0.15) is 16.6 Å². The molecule has 0 saturated carbocycles. The third-order valence-electron chi connectivity index (χ3n) is 4.41. The number of amides is 1. The van der Waals surface area contributed by atoms with E-state index in [0.29, 0.717) is 0 Å². The molecule has 1 unspecified atom stereocenters. The second-order valence-corrected chi connectivity index (χ2v) is 7.70. The Hall–Kier alpha value is -3.17. The molecule has 5 nitrogen and oxygen atoms in total. The summed E-state index contributed by atoms with van der Waals surface area (Å²) in [5.74, 6) is -0.370. The van der Waals surface area contributed by atoms with Crippen LogP contribution in [-0.2, 0) is 4.79 Å². The standard InChI is InChI=1S/C22H22N4OS/c1-4-15(3)25-21(27)17(12-23)13-24-18-8-6-16(7-9-18)22-26-19-10-5-14(2)11-20(19)28-22/h5-11,13,15,24H,4H2,1-3H3,(H,25,27)/b17-13-. The summed E-state index contributed by atoms with van der Waals surface area (Å²) in [6.45, 7) is 5.96. The van der Waals surface area contributed by atoms with Crippen molar-refractivity contribution in [3.63, 3.8) is 0 Å². The Balaban J connectivity index is 1.73. The van der Waals surface area contributed by atoms with Gasteiger partial charge >= 0.3 is 0 Å². The van der Waals surface area contributed by atoms with Crippen LogP contribution in [0.3, 0.4) is 0 Å². The molecule has 0 saturated heterocycles. The van der Waals surface area contributed by atoms with Crippen molar-refractivity contribution in [2.24, 2.45) is 0 Å². The van der Waals surface area contributed by atoms with E-state index in [9.17, 15) is 10.1 Å². The lowest BCUT2D eigenvalue weighted by Gasteiger charge is -2.10. The zero-order valence-electron chi connectivity index (χ0n) is 16.1. The Morgan fingerprint density at radius 2 is 2.04 bits per heavy atom. The van der Waals surface area contributed by atoms with Crippen LogP contribution in [0.1, 0.15) is 25.8 Å². The first kappa shape index (κ1) is 19.6. The van der Waals surface area contributed by atoms with Gasteiger partial charge in [-0.25, -0.2) is 4.98 Å². The lowest BCUT2D eigenvalue weighted by molar-refractivity contribution is -0.117. The summed E-state index contributed by atoms with van der Waals surface area (Å²) >= 11 is 1.66. The van der Waals surface area contributed by atoms with E-state index >= 15 is 0 Å². The van der Waals surface area contributed by atoms with Gasteiger partial charge in [0, 0.05) is 23.5 Å². The van der Waals surface area contributed by atoms with E-state index in [1.807, 2.05) is 50.2 Å². The summed E-state index contributed by atoms with van der Waals surface area (Å²) in [6, 6.07) is 16.0. The molecule has 0 aliphatic heterocycles. The van der Waals surface area contributed by atoms with Crippen LogP contribution in [0.2, 0.25) is 0 Å². The van der Waals surface area contributed by atoms with Crippen LogP contribution in [0, 0.1) is 18.3 Å². The van der Waals surface area contributed by atoms with E-state index in [1.165, 1.54) is 16.5 Å². The van der Waals surface area contributed by atoms with Crippen LogP contribution in [0.5, 0.6) is 0 Å². The smallest absolute Gasteiger partial charge is 0.263 e. The summed E-state index contributed by atoms with van der Waals surface area (Å²) in [7, 11) is 0. The number of carbonyl (C=O) groups excluding carboxylic acids is 1. The number of hydrogen-bond acceptors (Lipinski definition) is 5. The Labute approximate surface area is 168 Å². The number of rotatable bonds is 6. The molecule has 0 fully saturated rings. The number of nitriles is 1. The molecule has 6 heteroatoms. The maximum Gasteiger partial charge on any atom is 0.263 e. The SMILES string of the molecule is CCC(C)NC(=O)/C(C#N)=C\Nc1ccc(-c2nc3ccc(C)cc3s2)cc1. The first-order chi connectivity index (χ1) is 13.5. The number of anilines is 1. The maximum atomic E-state index is 12.1. The summed E-state index contributed by atoms with van der Waals surface area (Å²) < 4.78 is 1.17. The number of fused-ring (bicyclic) bond motifs is 1. The first-order valence-electron chi connectivity index (χ1n) is 9.15. The molecule has 2 aromatic carbocycles. The number of thiazole rings is 1. The van der Waals surface area contributed by atoms with E-state index in [4.69, 9.17) is 4.98 Å². The molecule has 0 spiro atoms. The highest BCUT2D eigenvalue weighted by Crippen LogP contribution is 2.31. The quantitative estimate of drug-likeness (QED) is 0.458. The highest BCUT2D eigenvalue weighted by molar-refractivity contribution is 7.21. The van der Waals surface area contributed by atoms with Gasteiger partial charge < -0.3 is 10.6 Å². The zero-order valence-corrected chi connectivity index (χ0v) is 16.9. The van der Waals surface area contributed by atoms with Crippen LogP contribution in [0.4, 0.5) is 5.69 Å². The Morgan fingerprint density at radius 3 is 2.71 bits per heavy atom. The highest BCUT2D eigenvalue weighted by Gasteiger charge is 2.11. The van der Waals surface area contributed by atoms with Gasteiger partial charge in [-0.3, -0.25) is 4.79 Å². The molecule has 0 aliphatic rings. The summed E-state index contributed by atoms with van der Waals surface area (Å²) in [6.07, 6.45) is 2.25.